The van der Waals surface area contributed by atoms with Gasteiger partial charge in [-0.1, -0.05) is 12.1 Å². The van der Waals surface area contributed by atoms with E-state index in [4.69, 9.17) is 0 Å². The highest BCUT2D eigenvalue weighted by molar-refractivity contribution is 7.99. The van der Waals surface area contributed by atoms with Crippen LogP contribution in [0.3, 0.4) is 0 Å². The lowest BCUT2D eigenvalue weighted by molar-refractivity contribution is -0.144. The largest absolute Gasteiger partial charge is 0.480 e. The molecule has 0 saturated carbocycles. The fourth-order valence-electron chi connectivity index (χ4n) is 2.26. The second-order valence-electron chi connectivity index (χ2n) is 5.09. The number of aliphatic carboxylic acids is 1. The summed E-state index contributed by atoms with van der Waals surface area (Å²) in [6.07, 6.45) is 0.842. The van der Waals surface area contributed by atoms with E-state index in [9.17, 15) is 19.5 Å². The van der Waals surface area contributed by atoms with Crippen molar-refractivity contribution in [3.8, 4) is 0 Å². The van der Waals surface area contributed by atoms with Gasteiger partial charge in [0, 0.05) is 11.1 Å². The number of Topliss-reactive ketones (excluding diaryl/α,β-unsaturated/α-hetero) is 1. The summed E-state index contributed by atoms with van der Waals surface area (Å²) in [5, 5.41) is 12.1. The molecule has 2 N–H and O–H groups in total. The molecule has 1 heterocycles. The van der Waals surface area contributed by atoms with E-state index in [2.05, 4.69) is 5.32 Å². The van der Waals surface area contributed by atoms with E-state index in [-0.39, 0.29) is 5.78 Å². The molecule has 21 heavy (non-hydrogen) atoms. The monoisotopic (exact) mass is 307 g/mol. The number of benzene rings is 1. The van der Waals surface area contributed by atoms with E-state index in [1.807, 2.05) is 0 Å². The molecule has 1 aromatic rings. The Balaban J connectivity index is 2.15. The molecule has 5 nitrogen and oxygen atoms in total. The Morgan fingerprint density at radius 1 is 1.10 bits per heavy atom. The molecule has 112 valence electrons. The smallest absolute Gasteiger partial charge is 0.329 e. The van der Waals surface area contributed by atoms with Crippen molar-refractivity contribution < 1.29 is 19.5 Å². The maximum atomic E-state index is 12.2. The van der Waals surface area contributed by atoms with Crippen molar-refractivity contribution in [3.05, 3.63) is 35.4 Å². The maximum Gasteiger partial charge on any atom is 0.329 e. The molecule has 0 unspecified atom stereocenters. The van der Waals surface area contributed by atoms with Crippen molar-refractivity contribution in [2.24, 2.45) is 0 Å². The number of carboxylic acids is 1. The second-order valence-corrected chi connectivity index (χ2v) is 6.31. The first kappa shape index (κ1) is 15.6. The van der Waals surface area contributed by atoms with Crippen molar-refractivity contribution in [1.82, 2.24) is 5.32 Å². The topological polar surface area (TPSA) is 83.5 Å². The molecule has 0 bridgehead atoms. The lowest BCUT2D eigenvalue weighted by Crippen LogP contribution is -2.56. The van der Waals surface area contributed by atoms with Crippen LogP contribution in [0.4, 0.5) is 0 Å². The first-order valence-electron chi connectivity index (χ1n) is 6.69. The fourth-order valence-corrected chi connectivity index (χ4v) is 3.45. The zero-order valence-electron chi connectivity index (χ0n) is 11.7. The lowest BCUT2D eigenvalue weighted by atomic mass is 9.91. The van der Waals surface area contributed by atoms with Crippen LogP contribution in [-0.2, 0) is 4.79 Å². The van der Waals surface area contributed by atoms with Crippen LogP contribution >= 0.6 is 11.8 Å². The Morgan fingerprint density at radius 3 is 2.10 bits per heavy atom. The van der Waals surface area contributed by atoms with Crippen LogP contribution in [0.25, 0.3) is 0 Å². The Labute approximate surface area is 127 Å². The highest BCUT2D eigenvalue weighted by Gasteiger charge is 2.41. The fraction of sp³-hybridized carbons (Fsp3) is 0.400. The van der Waals surface area contributed by atoms with Crippen molar-refractivity contribution in [3.63, 3.8) is 0 Å². The van der Waals surface area contributed by atoms with Crippen molar-refractivity contribution in [2.75, 3.05) is 11.5 Å². The minimum Gasteiger partial charge on any atom is -0.480 e. The average molecular weight is 307 g/mol. The molecule has 1 fully saturated rings. The van der Waals surface area contributed by atoms with Gasteiger partial charge < -0.3 is 10.4 Å². The average Bonchev–Trinajstić information content (AvgIpc) is 2.48. The molecule has 0 radical (unpaired) electrons. The van der Waals surface area contributed by atoms with Gasteiger partial charge in [0.05, 0.1) is 0 Å². The van der Waals surface area contributed by atoms with Crippen LogP contribution < -0.4 is 5.32 Å². The quantitative estimate of drug-likeness (QED) is 0.831. The first-order chi connectivity index (χ1) is 9.94. The maximum absolute atomic E-state index is 12.2. The van der Waals surface area contributed by atoms with Crippen molar-refractivity contribution in [1.29, 1.82) is 0 Å². The highest BCUT2D eigenvalue weighted by atomic mass is 32.2. The van der Waals surface area contributed by atoms with Crippen molar-refractivity contribution in [2.45, 2.75) is 25.3 Å². The molecule has 0 aliphatic carbocycles. The molecular formula is C15H17NO4S. The zero-order valence-corrected chi connectivity index (χ0v) is 12.5. The van der Waals surface area contributed by atoms with Gasteiger partial charge in [-0.25, -0.2) is 4.79 Å². The van der Waals surface area contributed by atoms with Crippen LogP contribution in [0.5, 0.6) is 0 Å². The summed E-state index contributed by atoms with van der Waals surface area (Å²) in [5.74, 6) is -0.0460. The van der Waals surface area contributed by atoms with Gasteiger partial charge in [0.1, 0.15) is 5.54 Å². The molecular weight excluding hydrogens is 290 g/mol. The van der Waals surface area contributed by atoms with E-state index in [0.717, 1.165) is 11.5 Å². The van der Waals surface area contributed by atoms with Gasteiger partial charge in [-0.05, 0) is 43.4 Å². The number of thioether (sulfide) groups is 1. The Hall–Kier alpha value is -1.82. The van der Waals surface area contributed by atoms with Gasteiger partial charge in [0.2, 0.25) is 0 Å². The summed E-state index contributed by atoms with van der Waals surface area (Å²) >= 11 is 1.69. The van der Waals surface area contributed by atoms with Gasteiger partial charge in [-0.3, -0.25) is 9.59 Å². The minimum atomic E-state index is -1.18. The van der Waals surface area contributed by atoms with Crippen LogP contribution in [0, 0.1) is 0 Å². The first-order valence-corrected chi connectivity index (χ1v) is 7.85. The number of carbonyl (C=O) groups is 3. The third-order valence-corrected chi connectivity index (χ3v) is 4.65. The van der Waals surface area contributed by atoms with Gasteiger partial charge in [0.15, 0.2) is 5.78 Å². The summed E-state index contributed by atoms with van der Waals surface area (Å²) in [7, 11) is 0. The molecule has 1 aromatic carbocycles. The Kier molecular flexibility index (Phi) is 4.67. The molecule has 1 saturated heterocycles. The molecule has 6 heteroatoms. The van der Waals surface area contributed by atoms with E-state index in [1.54, 1.807) is 36.0 Å². The predicted molar refractivity (Wildman–Crippen MR) is 80.8 cm³/mol. The highest BCUT2D eigenvalue weighted by Crippen LogP contribution is 2.27. The molecule has 0 aromatic heterocycles. The summed E-state index contributed by atoms with van der Waals surface area (Å²) in [6.45, 7) is 1.45. The second kappa shape index (κ2) is 6.30. The van der Waals surface area contributed by atoms with E-state index < -0.39 is 17.4 Å². The van der Waals surface area contributed by atoms with Crippen LogP contribution in [0.15, 0.2) is 24.3 Å². The third kappa shape index (κ3) is 3.44. The molecule has 2 rings (SSSR count). The van der Waals surface area contributed by atoms with Crippen LogP contribution in [0.2, 0.25) is 0 Å². The number of rotatable bonds is 4. The summed E-state index contributed by atoms with van der Waals surface area (Å²) < 4.78 is 0. The molecule has 1 amide bonds. The normalized spacial score (nSPS) is 17.0. The van der Waals surface area contributed by atoms with Crippen LogP contribution in [0.1, 0.15) is 40.5 Å². The van der Waals surface area contributed by atoms with Gasteiger partial charge in [-0.2, -0.15) is 11.8 Å². The number of carbonyl (C=O) groups excluding carboxylic acids is 2. The predicted octanol–water partition coefficient (Wildman–Crippen LogP) is 1.97. The van der Waals surface area contributed by atoms with E-state index >= 15 is 0 Å². The van der Waals surface area contributed by atoms with Gasteiger partial charge >= 0.3 is 5.97 Å². The van der Waals surface area contributed by atoms with Crippen molar-refractivity contribution >= 4 is 29.4 Å². The minimum absolute atomic E-state index is 0.0757. The molecule has 0 spiro atoms. The number of nitrogens with one attached hydrogen (secondary N) is 1. The Morgan fingerprint density at radius 2 is 1.62 bits per heavy atom. The summed E-state index contributed by atoms with van der Waals surface area (Å²) in [4.78, 5) is 35.0. The number of amides is 1. The molecule has 1 aliphatic rings. The van der Waals surface area contributed by atoms with Gasteiger partial charge in [0.25, 0.3) is 5.91 Å². The molecule has 0 atom stereocenters. The summed E-state index contributed by atoms with van der Waals surface area (Å²) in [5.41, 5.74) is -0.297. The van der Waals surface area contributed by atoms with E-state index in [0.29, 0.717) is 24.0 Å². The van der Waals surface area contributed by atoms with Gasteiger partial charge in [-0.15, -0.1) is 0 Å². The van der Waals surface area contributed by atoms with Crippen LogP contribution in [-0.4, -0.2) is 39.8 Å². The number of hydrogen-bond donors (Lipinski definition) is 2. The lowest BCUT2D eigenvalue weighted by Gasteiger charge is -2.33. The number of carboxylic acid groups (broad SMARTS) is 1. The zero-order chi connectivity index (χ0) is 15.5. The van der Waals surface area contributed by atoms with E-state index in [1.165, 1.54) is 6.92 Å². The number of hydrogen-bond acceptors (Lipinski definition) is 4. The standard InChI is InChI=1S/C15H17NO4S/c1-10(17)11-2-4-12(5-3-11)13(18)16-15(14(19)20)6-8-21-9-7-15/h2-5H,6-9H2,1H3,(H,16,18)(H,19,20). The summed E-state index contributed by atoms with van der Waals surface area (Å²) in [6, 6.07) is 6.22. The SMILES string of the molecule is CC(=O)c1ccc(C(=O)NC2(C(=O)O)CCSCC2)cc1. The molecule has 1 aliphatic heterocycles. The number of ketones is 1. The Bertz CT molecular complexity index is 562. The third-order valence-electron chi connectivity index (χ3n) is 3.66.